The minimum atomic E-state index is -1.22. The largest absolute Gasteiger partial charge is 0.372 e. The van der Waals surface area contributed by atoms with Crippen molar-refractivity contribution in [3.8, 4) is 11.8 Å². The highest BCUT2D eigenvalue weighted by Gasteiger charge is 2.38. The zero-order chi connectivity index (χ0) is 27.5. The number of alkyl halides is 1. The maximum Gasteiger partial charge on any atom is 0.247 e. The summed E-state index contributed by atoms with van der Waals surface area (Å²) in [6, 6.07) is 5.05. The lowest BCUT2D eigenvalue weighted by Crippen LogP contribution is -2.45. The highest BCUT2D eigenvalue weighted by molar-refractivity contribution is 5.93. The van der Waals surface area contributed by atoms with E-state index in [2.05, 4.69) is 37.8 Å². The number of carbonyl (C=O) groups is 2. The number of benzene rings is 1. The van der Waals surface area contributed by atoms with E-state index in [9.17, 15) is 18.4 Å². The molecule has 0 spiro atoms. The van der Waals surface area contributed by atoms with Crippen molar-refractivity contribution in [1.82, 2.24) is 25.1 Å². The Kier molecular flexibility index (Phi) is 10.5. The fourth-order valence-corrected chi connectivity index (χ4v) is 3.79. The first-order valence-electron chi connectivity index (χ1n) is 12.4. The number of aromatic nitrogens is 2. The molecule has 0 bridgehead atoms. The molecule has 1 aliphatic heterocycles. The van der Waals surface area contributed by atoms with Crippen LogP contribution in [0.15, 0.2) is 42.6 Å². The number of likely N-dealkylation sites (tertiary alicyclic amines) is 1. The highest BCUT2D eigenvalue weighted by Crippen LogP contribution is 2.21. The maximum absolute atomic E-state index is 14.0. The average molecular weight is 526 g/mol. The second-order valence-electron chi connectivity index (χ2n) is 9.04. The molecule has 1 fully saturated rings. The van der Waals surface area contributed by atoms with Crippen molar-refractivity contribution in [2.75, 3.05) is 51.4 Å². The Bertz CT molecular complexity index is 1190. The Morgan fingerprint density at radius 1 is 1.26 bits per heavy atom. The SMILES string of the molecule is CNc1nc(Nc2ccc(F)cc2)ncc1C#CCCCNC(=O)[C@@H]1C[C@@H](F)CN1C(=O)C=CCN(C)C. The van der Waals surface area contributed by atoms with E-state index in [4.69, 9.17) is 0 Å². The van der Waals surface area contributed by atoms with Gasteiger partial charge in [0.1, 0.15) is 23.8 Å². The van der Waals surface area contributed by atoms with Gasteiger partial charge in [-0.15, -0.1) is 0 Å². The monoisotopic (exact) mass is 525 g/mol. The van der Waals surface area contributed by atoms with Crippen molar-refractivity contribution < 1.29 is 18.4 Å². The highest BCUT2D eigenvalue weighted by atomic mass is 19.1. The lowest BCUT2D eigenvalue weighted by atomic mass is 10.2. The molecule has 0 radical (unpaired) electrons. The van der Waals surface area contributed by atoms with Crippen LogP contribution in [0.5, 0.6) is 0 Å². The molecule has 3 N–H and O–H groups in total. The van der Waals surface area contributed by atoms with Gasteiger partial charge in [-0.3, -0.25) is 9.59 Å². The minimum absolute atomic E-state index is 0.00228. The number of hydrogen-bond donors (Lipinski definition) is 3. The van der Waals surface area contributed by atoms with Crippen molar-refractivity contribution >= 4 is 29.3 Å². The van der Waals surface area contributed by atoms with Crippen molar-refractivity contribution in [3.05, 3.63) is 54.0 Å². The molecule has 0 unspecified atom stereocenters. The van der Waals surface area contributed by atoms with E-state index in [-0.39, 0.29) is 30.6 Å². The first kappa shape index (κ1) is 28.5. The Balaban J connectivity index is 1.47. The lowest BCUT2D eigenvalue weighted by molar-refractivity contribution is -0.135. The van der Waals surface area contributed by atoms with Crippen LogP contribution in [0.25, 0.3) is 0 Å². The smallest absolute Gasteiger partial charge is 0.247 e. The molecule has 2 heterocycles. The number of rotatable bonds is 10. The molecule has 1 aromatic carbocycles. The van der Waals surface area contributed by atoms with Crippen molar-refractivity contribution in [2.24, 2.45) is 0 Å². The third-order valence-corrected chi connectivity index (χ3v) is 5.69. The number of anilines is 3. The van der Waals surface area contributed by atoms with Crippen molar-refractivity contribution in [3.63, 3.8) is 0 Å². The van der Waals surface area contributed by atoms with E-state index < -0.39 is 12.2 Å². The predicted molar refractivity (Wildman–Crippen MR) is 143 cm³/mol. The molecule has 9 nitrogen and oxygen atoms in total. The number of halogens is 2. The molecule has 0 saturated carbocycles. The predicted octanol–water partition coefficient (Wildman–Crippen LogP) is 2.71. The summed E-state index contributed by atoms with van der Waals surface area (Å²) in [4.78, 5) is 36.9. The van der Waals surface area contributed by atoms with Gasteiger partial charge >= 0.3 is 0 Å². The van der Waals surface area contributed by atoms with Crippen molar-refractivity contribution in [1.29, 1.82) is 0 Å². The van der Waals surface area contributed by atoms with Crippen LogP contribution < -0.4 is 16.0 Å². The second kappa shape index (κ2) is 14.0. The normalized spacial score (nSPS) is 16.8. The molecular formula is C27H33F2N7O2. The zero-order valence-electron chi connectivity index (χ0n) is 21.8. The van der Waals surface area contributed by atoms with Gasteiger partial charge in [0, 0.05) is 44.7 Å². The fourth-order valence-electron chi connectivity index (χ4n) is 3.79. The zero-order valence-corrected chi connectivity index (χ0v) is 21.8. The van der Waals surface area contributed by atoms with Gasteiger partial charge in [-0.1, -0.05) is 17.9 Å². The number of hydrogen-bond acceptors (Lipinski definition) is 7. The molecule has 38 heavy (non-hydrogen) atoms. The lowest BCUT2D eigenvalue weighted by Gasteiger charge is -2.22. The van der Waals surface area contributed by atoms with Crippen LogP contribution in [0, 0.1) is 17.7 Å². The van der Waals surface area contributed by atoms with E-state index in [1.165, 1.54) is 23.1 Å². The summed E-state index contributed by atoms with van der Waals surface area (Å²) < 4.78 is 27.1. The average Bonchev–Trinajstić information content (AvgIpc) is 3.29. The van der Waals surface area contributed by atoms with Gasteiger partial charge in [0.2, 0.25) is 17.8 Å². The van der Waals surface area contributed by atoms with Gasteiger partial charge in [0.05, 0.1) is 18.3 Å². The molecule has 202 valence electrons. The summed E-state index contributed by atoms with van der Waals surface area (Å²) in [6.07, 6.45) is 4.54. The third kappa shape index (κ3) is 8.52. The Labute approximate surface area is 221 Å². The van der Waals surface area contributed by atoms with E-state index in [1.54, 1.807) is 31.5 Å². The maximum atomic E-state index is 14.0. The number of amides is 2. The number of nitrogens with one attached hydrogen (secondary N) is 3. The quantitative estimate of drug-likeness (QED) is 0.249. The molecular weight excluding hydrogens is 492 g/mol. The van der Waals surface area contributed by atoms with Crippen LogP contribution >= 0.6 is 0 Å². The van der Waals surface area contributed by atoms with Gasteiger partial charge in [-0.2, -0.15) is 4.98 Å². The third-order valence-electron chi connectivity index (χ3n) is 5.69. The summed E-state index contributed by atoms with van der Waals surface area (Å²) in [6.45, 7) is 0.855. The molecule has 1 aliphatic rings. The molecule has 0 aliphatic carbocycles. The number of likely N-dealkylation sites (N-methyl/N-ethyl adjacent to an activating group) is 1. The first-order chi connectivity index (χ1) is 18.3. The molecule has 2 amide bonds. The number of nitrogens with zero attached hydrogens (tertiary/aromatic N) is 4. The summed E-state index contributed by atoms with van der Waals surface area (Å²) in [5.74, 6) is 5.90. The van der Waals surface area contributed by atoms with Gasteiger partial charge in [-0.05, 0) is 44.8 Å². The van der Waals surface area contributed by atoms with Crippen molar-refractivity contribution in [2.45, 2.75) is 31.5 Å². The number of carbonyl (C=O) groups excluding carboxylic acids is 2. The van der Waals surface area contributed by atoms with Gasteiger partial charge < -0.3 is 25.8 Å². The molecule has 2 atom stereocenters. The standard InChI is InChI=1S/C27H33F2N7O2/c1-30-25-19(17-32-27(34-25)33-22-12-10-20(28)11-13-22)8-5-4-6-14-31-26(38)23-16-21(29)18-36(23)24(37)9-7-15-35(2)3/h7,9-13,17,21,23H,4,6,14-16,18H2,1-3H3,(H,31,38)(H2,30,32,33,34)/t21-,23+/m1/s1. The molecule has 11 heteroatoms. The van der Waals surface area contributed by atoms with Crippen LogP contribution in [-0.4, -0.2) is 84.6 Å². The van der Waals surface area contributed by atoms with Crippen LogP contribution in [-0.2, 0) is 9.59 Å². The fraction of sp³-hybridized carbons (Fsp3) is 0.407. The van der Waals surface area contributed by atoms with Gasteiger partial charge in [0.25, 0.3) is 0 Å². The summed E-state index contributed by atoms with van der Waals surface area (Å²) in [5, 5.41) is 8.78. The topological polar surface area (TPSA) is 102 Å². The first-order valence-corrected chi connectivity index (χ1v) is 12.4. The summed E-state index contributed by atoms with van der Waals surface area (Å²) in [5.41, 5.74) is 1.26. The van der Waals surface area contributed by atoms with E-state index in [0.717, 1.165) is 0 Å². The minimum Gasteiger partial charge on any atom is -0.372 e. The molecule has 1 aromatic heterocycles. The van der Waals surface area contributed by atoms with Gasteiger partial charge in [-0.25, -0.2) is 13.8 Å². The Morgan fingerprint density at radius 3 is 2.74 bits per heavy atom. The van der Waals surface area contributed by atoms with Crippen LogP contribution in [0.4, 0.5) is 26.2 Å². The van der Waals surface area contributed by atoms with E-state index in [0.29, 0.717) is 48.9 Å². The molecule has 2 aromatic rings. The van der Waals surface area contributed by atoms with Crippen LogP contribution in [0.1, 0.15) is 24.8 Å². The molecule has 1 saturated heterocycles. The molecule has 3 rings (SSSR count). The van der Waals surface area contributed by atoms with Crippen LogP contribution in [0.2, 0.25) is 0 Å². The van der Waals surface area contributed by atoms with Crippen LogP contribution in [0.3, 0.4) is 0 Å². The second-order valence-corrected chi connectivity index (χ2v) is 9.04. The Morgan fingerprint density at radius 2 is 2.03 bits per heavy atom. The van der Waals surface area contributed by atoms with E-state index >= 15 is 0 Å². The number of unbranched alkanes of at least 4 members (excludes halogenated alkanes) is 1. The summed E-state index contributed by atoms with van der Waals surface area (Å²) in [7, 11) is 5.48. The summed E-state index contributed by atoms with van der Waals surface area (Å²) >= 11 is 0. The van der Waals surface area contributed by atoms with Gasteiger partial charge in [0.15, 0.2) is 0 Å². The van der Waals surface area contributed by atoms with E-state index in [1.807, 2.05) is 19.0 Å². The Hall–Kier alpha value is -4.04.